The van der Waals surface area contributed by atoms with Crippen LogP contribution in [-0.2, 0) is 14.2 Å². The molecule has 1 aliphatic rings. The second kappa shape index (κ2) is 10.1. The van der Waals surface area contributed by atoms with E-state index in [0.717, 1.165) is 11.1 Å². The van der Waals surface area contributed by atoms with E-state index in [9.17, 15) is 19.2 Å². The van der Waals surface area contributed by atoms with Gasteiger partial charge in [-0.05, 0) is 45.0 Å². The highest BCUT2D eigenvalue weighted by molar-refractivity contribution is 5.90. The van der Waals surface area contributed by atoms with E-state index in [4.69, 9.17) is 14.2 Å². The van der Waals surface area contributed by atoms with Crippen LogP contribution in [0, 0.1) is 20.8 Å². The highest BCUT2D eigenvalue weighted by atomic mass is 16.7. The summed E-state index contributed by atoms with van der Waals surface area (Å²) in [5.74, 6) is -1.10. The fourth-order valence-electron chi connectivity index (χ4n) is 3.77. The molecule has 1 fully saturated rings. The molecule has 3 aromatic rings. The number of ether oxygens (including phenoxy) is 3. The average Bonchev–Trinajstić information content (AvgIpc) is 3.22. The number of hydrogen-bond donors (Lipinski definition) is 1. The number of aromatic nitrogens is 2. The van der Waals surface area contributed by atoms with E-state index < -0.39 is 41.6 Å². The Balaban J connectivity index is 1.53. The number of H-pyrrole nitrogens is 1. The highest BCUT2D eigenvalue weighted by Gasteiger charge is 2.40. The van der Waals surface area contributed by atoms with Crippen molar-refractivity contribution in [3.8, 4) is 0 Å². The maximum Gasteiger partial charge on any atom is 0.338 e. The number of nitrogens with zero attached hydrogens (tertiary/aromatic N) is 1. The molecule has 1 saturated heterocycles. The monoisotopic (exact) mass is 480 g/mol. The van der Waals surface area contributed by atoms with Crippen molar-refractivity contribution in [1.82, 2.24) is 9.55 Å². The molecule has 0 unspecified atom stereocenters. The summed E-state index contributed by atoms with van der Waals surface area (Å²) in [5, 5.41) is 0. The predicted molar refractivity (Wildman–Crippen MR) is 126 cm³/mol. The molecule has 2 heterocycles. The molecule has 1 aliphatic heterocycles. The summed E-state index contributed by atoms with van der Waals surface area (Å²) in [4.78, 5) is 51.6. The lowest BCUT2D eigenvalue weighted by Gasteiger charge is -2.19. The molecule has 182 valence electrons. The smallest absolute Gasteiger partial charge is 0.338 e. The summed E-state index contributed by atoms with van der Waals surface area (Å²) in [6.45, 7) is 5.20. The molecule has 35 heavy (non-hydrogen) atoms. The number of carbonyl (C=O) groups is 2. The highest BCUT2D eigenvalue weighted by Crippen LogP contribution is 2.31. The van der Waals surface area contributed by atoms with Gasteiger partial charge in [0.05, 0.1) is 11.1 Å². The van der Waals surface area contributed by atoms with Crippen molar-refractivity contribution in [2.75, 3.05) is 6.61 Å². The third-order valence-corrected chi connectivity index (χ3v) is 5.85. The van der Waals surface area contributed by atoms with Crippen molar-refractivity contribution in [3.05, 3.63) is 103 Å². The van der Waals surface area contributed by atoms with Crippen LogP contribution in [0.15, 0.2) is 64.3 Å². The number of carbonyl (C=O) groups excluding carboxylic acids is 2. The van der Waals surface area contributed by atoms with E-state index in [-0.39, 0.29) is 13.0 Å². The third-order valence-electron chi connectivity index (χ3n) is 5.85. The van der Waals surface area contributed by atoms with Crippen LogP contribution in [0.25, 0.3) is 0 Å². The summed E-state index contributed by atoms with van der Waals surface area (Å²) in [5.41, 5.74) is 1.95. The van der Waals surface area contributed by atoms with Crippen LogP contribution in [0.1, 0.15) is 50.1 Å². The van der Waals surface area contributed by atoms with Crippen molar-refractivity contribution in [3.63, 3.8) is 0 Å². The molecule has 0 spiro atoms. The van der Waals surface area contributed by atoms with Crippen LogP contribution in [-0.4, -0.2) is 40.3 Å². The zero-order valence-electron chi connectivity index (χ0n) is 19.6. The predicted octanol–water partition coefficient (Wildman–Crippen LogP) is 2.83. The normalized spacial score (nSPS) is 19.3. The Morgan fingerprint density at radius 2 is 1.51 bits per heavy atom. The number of aryl methyl sites for hydroxylation is 3. The first-order valence-electron chi connectivity index (χ1n) is 11.2. The molecule has 1 aromatic heterocycles. The zero-order valence-corrected chi connectivity index (χ0v) is 19.6. The van der Waals surface area contributed by atoms with E-state index in [1.54, 1.807) is 55.5 Å². The van der Waals surface area contributed by atoms with Gasteiger partial charge in [-0.2, -0.15) is 0 Å². The van der Waals surface area contributed by atoms with Gasteiger partial charge in [-0.3, -0.25) is 14.3 Å². The van der Waals surface area contributed by atoms with Gasteiger partial charge in [-0.25, -0.2) is 14.4 Å². The quantitative estimate of drug-likeness (QED) is 0.426. The molecule has 9 nitrogen and oxygen atoms in total. The van der Waals surface area contributed by atoms with Gasteiger partial charge in [0.2, 0.25) is 0 Å². The van der Waals surface area contributed by atoms with Crippen molar-refractivity contribution in [2.24, 2.45) is 0 Å². The lowest BCUT2D eigenvalue weighted by molar-refractivity contribution is -0.0582. The SMILES string of the molecule is Cc1ccc(C(=O)OC[13C@H]2O[C@@H](n3cc(C)c(=O)[nH]c3=O)C[13C@@H]2OC(=O)c2ccc(C)cc2)cc1. The molecule has 9 heteroatoms. The Morgan fingerprint density at radius 1 is 0.943 bits per heavy atom. The summed E-state index contributed by atoms with van der Waals surface area (Å²) in [6.07, 6.45) is -0.903. The van der Waals surface area contributed by atoms with Crippen LogP contribution < -0.4 is 11.2 Å². The lowest BCUT2D eigenvalue weighted by Crippen LogP contribution is -2.33. The topological polar surface area (TPSA) is 117 Å². The first-order chi connectivity index (χ1) is 16.7. The van der Waals surface area contributed by atoms with Crippen LogP contribution in [0.2, 0.25) is 0 Å². The summed E-state index contributed by atoms with van der Waals surface area (Å²) in [7, 11) is 0. The number of hydrogen-bond acceptors (Lipinski definition) is 7. The van der Waals surface area contributed by atoms with Crippen LogP contribution in [0.4, 0.5) is 0 Å². The van der Waals surface area contributed by atoms with Crippen LogP contribution >= 0.6 is 0 Å². The Bertz CT molecular complexity index is 1340. The third kappa shape index (κ3) is 5.58. The van der Waals surface area contributed by atoms with E-state index >= 15 is 0 Å². The van der Waals surface area contributed by atoms with E-state index in [2.05, 4.69) is 4.98 Å². The van der Waals surface area contributed by atoms with Crippen molar-refractivity contribution < 1.29 is 23.8 Å². The van der Waals surface area contributed by atoms with E-state index in [1.807, 2.05) is 13.8 Å². The molecular weight excluding hydrogens is 454 g/mol. The van der Waals surface area contributed by atoms with E-state index in [0.29, 0.717) is 16.7 Å². The van der Waals surface area contributed by atoms with Crippen molar-refractivity contribution >= 4 is 11.9 Å². The number of esters is 2. The maximum absolute atomic E-state index is 12.8. The molecular formula is C26H26N2O7. The lowest BCUT2D eigenvalue weighted by atomic mass is 10.1. The molecule has 0 amide bonds. The van der Waals surface area contributed by atoms with Gasteiger partial charge in [0.1, 0.15) is 25.0 Å². The summed E-state index contributed by atoms with van der Waals surface area (Å²) < 4.78 is 18.4. The van der Waals surface area contributed by atoms with Gasteiger partial charge in [0.15, 0.2) is 0 Å². The largest absolute Gasteiger partial charge is 0.459 e. The molecule has 0 radical (unpaired) electrons. The second-order valence-corrected chi connectivity index (χ2v) is 8.62. The fraction of sp³-hybridized carbons (Fsp3) is 0.308. The minimum atomic E-state index is -0.822. The molecule has 0 saturated carbocycles. The Hall–Kier alpha value is -3.98. The molecule has 3 atom stereocenters. The van der Waals surface area contributed by atoms with Gasteiger partial charge in [0, 0.05) is 18.2 Å². The summed E-state index contributed by atoms with van der Waals surface area (Å²) in [6, 6.07) is 13.8. The van der Waals surface area contributed by atoms with Gasteiger partial charge >= 0.3 is 17.6 Å². The summed E-state index contributed by atoms with van der Waals surface area (Å²) >= 11 is 0. The number of nitrogens with one attached hydrogen (secondary N) is 1. The van der Waals surface area contributed by atoms with Gasteiger partial charge in [-0.1, -0.05) is 35.4 Å². The first-order valence-corrected chi connectivity index (χ1v) is 11.2. The first kappa shape index (κ1) is 24.2. The fourth-order valence-corrected chi connectivity index (χ4v) is 3.77. The van der Waals surface area contributed by atoms with Gasteiger partial charge < -0.3 is 14.2 Å². The van der Waals surface area contributed by atoms with Gasteiger partial charge in [-0.15, -0.1) is 0 Å². The Labute approximate surface area is 201 Å². The van der Waals surface area contributed by atoms with Gasteiger partial charge in [0.25, 0.3) is 5.56 Å². The zero-order chi connectivity index (χ0) is 25.1. The molecule has 1 N–H and O–H groups in total. The van der Waals surface area contributed by atoms with Crippen LogP contribution in [0.5, 0.6) is 0 Å². The number of benzene rings is 2. The second-order valence-electron chi connectivity index (χ2n) is 8.62. The Morgan fingerprint density at radius 3 is 2.11 bits per heavy atom. The van der Waals surface area contributed by atoms with Crippen molar-refractivity contribution in [2.45, 2.75) is 45.6 Å². The minimum absolute atomic E-state index is 0.135. The molecule has 4 rings (SSSR count). The Kier molecular flexibility index (Phi) is 6.97. The number of aromatic amines is 1. The molecule has 0 aliphatic carbocycles. The van der Waals surface area contributed by atoms with Crippen molar-refractivity contribution in [1.29, 1.82) is 0 Å². The maximum atomic E-state index is 12.8. The van der Waals surface area contributed by atoms with E-state index in [1.165, 1.54) is 10.8 Å². The molecule has 2 aromatic carbocycles. The molecule has 0 bridgehead atoms. The minimum Gasteiger partial charge on any atom is -0.459 e. The number of rotatable bonds is 6. The van der Waals surface area contributed by atoms with Crippen LogP contribution in [0.3, 0.4) is 0 Å². The standard InChI is InChI=1S/C26H26N2O7/c1-15-4-8-18(9-5-15)24(30)33-14-21-20(35-25(31)19-10-6-16(2)7-11-19)12-22(34-21)28-13-17(3)23(29)27-26(28)32/h4-11,13,20-22H,12,14H2,1-3H3,(H,27,29,32)/t20-,21+,22+/m0/s1/i20+1,21+1. The average molecular weight is 480 g/mol.